The number of aromatic hydroxyl groups is 1. The van der Waals surface area contributed by atoms with Gasteiger partial charge < -0.3 is 39.7 Å². The van der Waals surface area contributed by atoms with E-state index in [4.69, 9.17) is 19.3 Å². The fraction of sp³-hybridized carbons (Fsp3) is 0.333. The molecule has 2 aromatic rings. The maximum absolute atomic E-state index is 13.3. The zero-order valence-electron chi connectivity index (χ0n) is 18.8. The zero-order chi connectivity index (χ0) is 26.3. The normalized spacial score (nSPS) is 25.1. The number of benzene rings is 2. The molecule has 5 atom stereocenters. The highest BCUT2D eigenvalue weighted by molar-refractivity contribution is 6.30. The van der Waals surface area contributed by atoms with Gasteiger partial charge in [-0.1, -0.05) is 12.1 Å². The summed E-state index contributed by atoms with van der Waals surface area (Å²) in [7, 11) is 0. The number of aliphatic hydroxyl groups is 3. The van der Waals surface area contributed by atoms with Gasteiger partial charge in [0.15, 0.2) is 5.78 Å². The number of carbonyl (C=O) groups is 4. The van der Waals surface area contributed by atoms with Gasteiger partial charge >= 0.3 is 11.9 Å². The summed E-state index contributed by atoms with van der Waals surface area (Å²) in [6, 6.07) is 6.95. The lowest BCUT2D eigenvalue weighted by Crippen LogP contribution is -2.60. The van der Waals surface area contributed by atoms with Gasteiger partial charge in [-0.3, -0.25) is 19.2 Å². The van der Waals surface area contributed by atoms with E-state index < -0.39 is 73.0 Å². The molecule has 190 valence electrons. The van der Waals surface area contributed by atoms with Gasteiger partial charge in [-0.25, -0.2) is 0 Å². The number of carboxylic acid groups (broad SMARTS) is 1. The van der Waals surface area contributed by atoms with Crippen molar-refractivity contribution in [2.24, 2.45) is 0 Å². The lowest BCUT2D eigenvalue weighted by atomic mass is 9.82. The third-order valence-corrected chi connectivity index (χ3v) is 5.85. The van der Waals surface area contributed by atoms with E-state index in [9.17, 15) is 39.6 Å². The van der Waals surface area contributed by atoms with Gasteiger partial charge in [0.2, 0.25) is 12.1 Å². The Balaban J connectivity index is 1.64. The minimum Gasteiger partial charge on any atom is -0.507 e. The van der Waals surface area contributed by atoms with Crippen molar-refractivity contribution in [3.8, 4) is 11.5 Å². The average molecular weight is 502 g/mol. The molecular weight excluding hydrogens is 480 g/mol. The summed E-state index contributed by atoms with van der Waals surface area (Å²) in [5.74, 6) is -4.39. The first-order valence-corrected chi connectivity index (χ1v) is 10.8. The summed E-state index contributed by atoms with van der Waals surface area (Å²) < 4.78 is 15.9. The van der Waals surface area contributed by atoms with Crippen LogP contribution in [0.4, 0.5) is 0 Å². The topological polar surface area (TPSA) is 197 Å². The number of carboxylic acids is 1. The molecule has 1 aliphatic heterocycles. The van der Waals surface area contributed by atoms with Crippen LogP contribution in [0.25, 0.3) is 0 Å². The summed E-state index contributed by atoms with van der Waals surface area (Å²) in [6.07, 6.45) is -9.42. The predicted octanol–water partition coefficient (Wildman–Crippen LogP) is -0.320. The minimum absolute atomic E-state index is 0.00173. The van der Waals surface area contributed by atoms with Gasteiger partial charge in [-0.2, -0.15) is 0 Å². The Kier molecular flexibility index (Phi) is 6.78. The number of rotatable bonds is 6. The SMILES string of the molecule is Cc1cc(OC2OC(COC(=O)CC(=O)O)C(O)C(O)C2O)c2c(c1)C(=O)c1cccc(O)c1C2=O. The number of aryl methyl sites for hydroxylation is 1. The third kappa shape index (κ3) is 4.54. The molecule has 12 nitrogen and oxygen atoms in total. The first-order chi connectivity index (χ1) is 17.0. The molecule has 0 radical (unpaired) electrons. The Morgan fingerprint density at radius 1 is 0.972 bits per heavy atom. The first-order valence-electron chi connectivity index (χ1n) is 10.8. The van der Waals surface area contributed by atoms with E-state index in [1.165, 1.54) is 30.3 Å². The van der Waals surface area contributed by atoms with Crippen LogP contribution in [0.3, 0.4) is 0 Å². The quantitative estimate of drug-likeness (QED) is 0.218. The molecule has 36 heavy (non-hydrogen) atoms. The number of carbonyl (C=O) groups excluding carboxylic acids is 3. The van der Waals surface area contributed by atoms with Crippen molar-refractivity contribution in [3.63, 3.8) is 0 Å². The zero-order valence-corrected chi connectivity index (χ0v) is 18.8. The van der Waals surface area contributed by atoms with Crippen molar-refractivity contribution in [1.29, 1.82) is 0 Å². The number of fused-ring (bicyclic) bond motifs is 2. The summed E-state index contributed by atoms with van der Waals surface area (Å²) in [6.45, 7) is 0.964. The molecular formula is C24H22O12. The van der Waals surface area contributed by atoms with E-state index in [2.05, 4.69) is 0 Å². The van der Waals surface area contributed by atoms with Gasteiger partial charge in [0.05, 0.1) is 11.1 Å². The number of hydrogen-bond donors (Lipinski definition) is 5. The van der Waals surface area contributed by atoms with Gasteiger partial charge in [-0.15, -0.1) is 0 Å². The van der Waals surface area contributed by atoms with Crippen molar-refractivity contribution < 1.29 is 58.9 Å². The van der Waals surface area contributed by atoms with Gasteiger partial charge in [0.25, 0.3) is 0 Å². The number of ether oxygens (including phenoxy) is 3. The molecule has 0 bridgehead atoms. The number of hydrogen-bond acceptors (Lipinski definition) is 11. The van der Waals surface area contributed by atoms with Crippen LogP contribution in [0.1, 0.15) is 43.8 Å². The highest BCUT2D eigenvalue weighted by Crippen LogP contribution is 2.38. The van der Waals surface area contributed by atoms with Crippen LogP contribution < -0.4 is 4.74 Å². The third-order valence-electron chi connectivity index (χ3n) is 5.85. The Bertz CT molecular complexity index is 1250. The van der Waals surface area contributed by atoms with Crippen LogP contribution in [0.2, 0.25) is 0 Å². The highest BCUT2D eigenvalue weighted by Gasteiger charge is 2.46. The summed E-state index contributed by atoms with van der Waals surface area (Å²) >= 11 is 0. The monoisotopic (exact) mass is 502 g/mol. The molecule has 1 saturated heterocycles. The number of phenols is 1. The Morgan fingerprint density at radius 3 is 2.39 bits per heavy atom. The van der Waals surface area contributed by atoms with Crippen molar-refractivity contribution in [2.45, 2.75) is 44.1 Å². The summed E-state index contributed by atoms with van der Waals surface area (Å²) in [4.78, 5) is 48.5. The number of aliphatic hydroxyl groups excluding tert-OH is 3. The van der Waals surface area contributed by atoms with Crippen LogP contribution in [-0.4, -0.2) is 86.4 Å². The van der Waals surface area contributed by atoms with Crippen molar-refractivity contribution in [3.05, 3.63) is 58.1 Å². The maximum Gasteiger partial charge on any atom is 0.317 e. The molecule has 4 rings (SSSR count). The van der Waals surface area contributed by atoms with Crippen molar-refractivity contribution in [2.75, 3.05) is 6.61 Å². The highest BCUT2D eigenvalue weighted by atomic mass is 16.7. The van der Waals surface area contributed by atoms with Gasteiger partial charge in [0, 0.05) is 11.1 Å². The molecule has 5 unspecified atom stereocenters. The second-order valence-corrected chi connectivity index (χ2v) is 8.43. The van der Waals surface area contributed by atoms with E-state index in [0.29, 0.717) is 5.56 Å². The smallest absolute Gasteiger partial charge is 0.317 e. The standard InChI is InChI=1S/C24H22O12/c1-9-5-11-18(21(31)17-10(19(11)29)3-2-4-12(17)25)13(6-9)35-24-23(33)22(32)20(30)14(36-24)8-34-16(28)7-15(26)27/h2-6,14,20,22-25,30,32-33H,7-8H2,1H3,(H,26,27). The molecule has 0 amide bonds. The lowest BCUT2D eigenvalue weighted by Gasteiger charge is -2.40. The number of ketones is 2. The molecule has 0 spiro atoms. The second-order valence-electron chi connectivity index (χ2n) is 8.43. The van der Waals surface area contributed by atoms with E-state index >= 15 is 0 Å². The Labute approximate surface area is 203 Å². The average Bonchev–Trinajstić information content (AvgIpc) is 2.81. The van der Waals surface area contributed by atoms with Crippen LogP contribution >= 0.6 is 0 Å². The fourth-order valence-electron chi connectivity index (χ4n) is 4.12. The van der Waals surface area contributed by atoms with E-state index in [1.54, 1.807) is 6.92 Å². The second kappa shape index (κ2) is 9.66. The molecule has 0 saturated carbocycles. The van der Waals surface area contributed by atoms with Crippen LogP contribution in [0.5, 0.6) is 11.5 Å². The van der Waals surface area contributed by atoms with Crippen molar-refractivity contribution >= 4 is 23.5 Å². The molecule has 2 aromatic carbocycles. The largest absolute Gasteiger partial charge is 0.507 e. The predicted molar refractivity (Wildman–Crippen MR) is 117 cm³/mol. The van der Waals surface area contributed by atoms with Gasteiger partial charge in [-0.05, 0) is 30.7 Å². The lowest BCUT2D eigenvalue weighted by molar-refractivity contribution is -0.278. The summed E-state index contributed by atoms with van der Waals surface area (Å²) in [5.41, 5.74) is 0.115. The fourth-order valence-corrected chi connectivity index (χ4v) is 4.12. The van der Waals surface area contributed by atoms with Crippen LogP contribution in [0.15, 0.2) is 30.3 Å². The molecule has 2 aliphatic rings. The van der Waals surface area contributed by atoms with Crippen LogP contribution in [0, 0.1) is 6.92 Å². The van der Waals surface area contributed by atoms with Gasteiger partial charge in [0.1, 0.15) is 48.9 Å². The summed E-state index contributed by atoms with van der Waals surface area (Å²) in [5, 5.41) is 49.8. The molecule has 5 N–H and O–H groups in total. The van der Waals surface area contributed by atoms with E-state index in [0.717, 1.165) is 0 Å². The minimum atomic E-state index is -1.82. The molecule has 1 heterocycles. The first kappa shape index (κ1) is 25.3. The molecule has 1 fully saturated rings. The number of aliphatic carboxylic acids is 1. The van der Waals surface area contributed by atoms with Crippen LogP contribution in [-0.2, 0) is 19.1 Å². The molecule has 0 aromatic heterocycles. The van der Waals surface area contributed by atoms with Crippen molar-refractivity contribution in [1.82, 2.24) is 0 Å². The number of phenolic OH excluding ortho intramolecular Hbond substituents is 1. The molecule has 1 aliphatic carbocycles. The van der Waals surface area contributed by atoms with E-state index in [-0.39, 0.29) is 28.0 Å². The Hall–Kier alpha value is -3.84. The number of esters is 1. The molecule has 12 heteroatoms. The maximum atomic E-state index is 13.3. The van der Waals surface area contributed by atoms with E-state index in [1.807, 2.05) is 0 Å². The Morgan fingerprint density at radius 2 is 1.69 bits per heavy atom.